The summed E-state index contributed by atoms with van der Waals surface area (Å²) in [6.45, 7) is 1.71. The molecule has 1 aromatic rings. The molecule has 0 spiro atoms. The van der Waals surface area contributed by atoms with Gasteiger partial charge < -0.3 is 31.8 Å². The van der Waals surface area contributed by atoms with E-state index in [1.807, 2.05) is 23.1 Å². The minimum atomic E-state index is -0.236. The van der Waals surface area contributed by atoms with Crippen molar-refractivity contribution < 1.29 is 14.6 Å². The van der Waals surface area contributed by atoms with Crippen LogP contribution in [-0.2, 0) is 16.0 Å². The van der Waals surface area contributed by atoms with Crippen LogP contribution in [0.1, 0.15) is 5.56 Å². The average Bonchev–Trinajstić information content (AvgIpc) is 2.71. The molecule has 1 saturated heterocycles. The van der Waals surface area contributed by atoms with Gasteiger partial charge in [0.1, 0.15) is 6.29 Å². The van der Waals surface area contributed by atoms with Crippen molar-refractivity contribution in [2.75, 3.05) is 47.5 Å². The molecule has 0 aliphatic carbocycles. The predicted molar refractivity (Wildman–Crippen MR) is 98.7 cm³/mol. The number of ether oxygens (including phenoxy) is 1. The maximum atomic E-state index is 11.0. The van der Waals surface area contributed by atoms with Crippen LogP contribution in [0, 0.1) is 0 Å². The molecular formula is C17H34N4O3. The van der Waals surface area contributed by atoms with E-state index in [4.69, 9.17) is 4.74 Å². The van der Waals surface area contributed by atoms with E-state index < -0.39 is 0 Å². The zero-order valence-corrected chi connectivity index (χ0v) is 15.1. The minimum Gasteiger partial charge on any atom is -0.395 e. The monoisotopic (exact) mass is 342 g/mol. The summed E-state index contributed by atoms with van der Waals surface area (Å²) in [5.74, 6) is 0. The summed E-state index contributed by atoms with van der Waals surface area (Å²) in [6, 6.07) is 9.85. The molecule has 7 heteroatoms. The van der Waals surface area contributed by atoms with E-state index in [1.165, 1.54) is 26.7 Å². The van der Waals surface area contributed by atoms with E-state index in [0.29, 0.717) is 13.2 Å². The van der Waals surface area contributed by atoms with E-state index in [1.54, 1.807) is 0 Å². The second kappa shape index (κ2) is 18.0. The van der Waals surface area contributed by atoms with Crippen molar-refractivity contribution in [1.82, 2.24) is 4.90 Å². The van der Waals surface area contributed by atoms with Crippen molar-refractivity contribution in [3.05, 3.63) is 35.9 Å². The molecule has 1 aromatic carbocycles. The highest BCUT2D eigenvalue weighted by molar-refractivity contribution is 5.58. The summed E-state index contributed by atoms with van der Waals surface area (Å²) in [7, 11) is 4.50. The SMILES string of the molecule is CN.CN.CN.O=CC1COCC(CO)N1CCc1ccccc1. The Hall–Kier alpha value is -1.35. The Balaban J connectivity index is 0. The van der Waals surface area contributed by atoms with E-state index in [9.17, 15) is 9.90 Å². The molecule has 0 radical (unpaired) electrons. The molecule has 140 valence electrons. The highest BCUT2D eigenvalue weighted by Gasteiger charge is 2.30. The van der Waals surface area contributed by atoms with Crippen molar-refractivity contribution in [2.45, 2.75) is 18.5 Å². The Labute approximate surface area is 145 Å². The Morgan fingerprint density at radius 1 is 1.12 bits per heavy atom. The van der Waals surface area contributed by atoms with Crippen LogP contribution in [0.4, 0.5) is 0 Å². The summed E-state index contributed by atoms with van der Waals surface area (Å²) < 4.78 is 5.33. The topological polar surface area (TPSA) is 128 Å². The molecule has 0 amide bonds. The largest absolute Gasteiger partial charge is 0.395 e. The summed E-state index contributed by atoms with van der Waals surface area (Å²) >= 11 is 0. The van der Waals surface area contributed by atoms with Crippen molar-refractivity contribution in [2.24, 2.45) is 17.2 Å². The third-order valence-electron chi connectivity index (χ3n) is 3.36. The molecule has 0 saturated carbocycles. The Morgan fingerprint density at radius 3 is 2.21 bits per heavy atom. The molecular weight excluding hydrogens is 308 g/mol. The fourth-order valence-electron chi connectivity index (χ4n) is 2.31. The first-order chi connectivity index (χ1) is 11.8. The zero-order chi connectivity index (χ0) is 18.8. The van der Waals surface area contributed by atoms with Crippen LogP contribution in [0.25, 0.3) is 0 Å². The third-order valence-corrected chi connectivity index (χ3v) is 3.36. The van der Waals surface area contributed by atoms with Crippen LogP contribution in [0.15, 0.2) is 30.3 Å². The van der Waals surface area contributed by atoms with Gasteiger partial charge in [-0.2, -0.15) is 0 Å². The molecule has 7 N–H and O–H groups in total. The first-order valence-electron chi connectivity index (χ1n) is 8.02. The van der Waals surface area contributed by atoms with Gasteiger partial charge in [0.15, 0.2) is 0 Å². The van der Waals surface area contributed by atoms with Gasteiger partial charge in [-0.1, -0.05) is 30.3 Å². The van der Waals surface area contributed by atoms with Crippen LogP contribution in [0.3, 0.4) is 0 Å². The molecule has 24 heavy (non-hydrogen) atoms. The van der Waals surface area contributed by atoms with E-state index in [2.05, 4.69) is 29.3 Å². The molecule has 1 fully saturated rings. The number of benzene rings is 1. The second-order valence-corrected chi connectivity index (χ2v) is 4.55. The second-order valence-electron chi connectivity index (χ2n) is 4.55. The number of hydrogen-bond acceptors (Lipinski definition) is 7. The van der Waals surface area contributed by atoms with Crippen LogP contribution >= 0.6 is 0 Å². The quantitative estimate of drug-likeness (QED) is 0.517. The van der Waals surface area contributed by atoms with Crippen molar-refractivity contribution in [1.29, 1.82) is 0 Å². The highest BCUT2D eigenvalue weighted by atomic mass is 16.5. The summed E-state index contributed by atoms with van der Waals surface area (Å²) in [5, 5.41) is 9.33. The van der Waals surface area contributed by atoms with Gasteiger partial charge in [0.05, 0.1) is 31.9 Å². The van der Waals surface area contributed by atoms with Gasteiger partial charge in [0.2, 0.25) is 0 Å². The maximum Gasteiger partial charge on any atom is 0.139 e. The molecule has 2 atom stereocenters. The number of aliphatic hydroxyl groups excluding tert-OH is 1. The lowest BCUT2D eigenvalue weighted by Gasteiger charge is -2.38. The van der Waals surface area contributed by atoms with Crippen molar-refractivity contribution in [3.63, 3.8) is 0 Å². The third kappa shape index (κ3) is 9.07. The number of morpholine rings is 1. The first kappa shape index (κ1) is 24.9. The van der Waals surface area contributed by atoms with Gasteiger partial charge in [-0.25, -0.2) is 0 Å². The average molecular weight is 342 g/mol. The number of carbonyl (C=O) groups excluding carboxylic acids is 1. The lowest BCUT2D eigenvalue weighted by Crippen LogP contribution is -2.55. The molecule has 1 aliphatic heterocycles. The van der Waals surface area contributed by atoms with Crippen LogP contribution in [0.2, 0.25) is 0 Å². The molecule has 7 nitrogen and oxygen atoms in total. The van der Waals surface area contributed by atoms with Crippen LogP contribution in [-0.4, -0.2) is 75.9 Å². The molecule has 0 bridgehead atoms. The fraction of sp³-hybridized carbons (Fsp3) is 0.588. The number of aliphatic hydroxyl groups is 1. The molecule has 2 rings (SSSR count). The maximum absolute atomic E-state index is 11.0. The van der Waals surface area contributed by atoms with Gasteiger partial charge in [-0.05, 0) is 33.1 Å². The zero-order valence-electron chi connectivity index (χ0n) is 15.1. The predicted octanol–water partition coefficient (Wildman–Crippen LogP) is -0.786. The standard InChI is InChI=1S/C14H19NO3.3CH5N/c16-8-13-10-18-11-14(9-17)15(13)7-6-12-4-2-1-3-5-12;3*1-2/h1-5,8,13-14,17H,6-7,9-11H2;3*2H2,1H3. The number of aldehydes is 1. The molecule has 2 unspecified atom stereocenters. The van der Waals surface area contributed by atoms with Gasteiger partial charge in [-0.15, -0.1) is 0 Å². The number of hydrogen-bond donors (Lipinski definition) is 4. The van der Waals surface area contributed by atoms with Gasteiger partial charge in [0, 0.05) is 6.54 Å². The highest BCUT2D eigenvalue weighted by Crippen LogP contribution is 2.13. The summed E-state index contributed by atoms with van der Waals surface area (Å²) in [4.78, 5) is 13.1. The Morgan fingerprint density at radius 2 is 1.71 bits per heavy atom. The van der Waals surface area contributed by atoms with Crippen LogP contribution in [0.5, 0.6) is 0 Å². The Bertz CT molecular complexity index is 379. The number of nitrogens with two attached hydrogens (primary N) is 3. The summed E-state index contributed by atoms with van der Waals surface area (Å²) in [6.07, 6.45) is 1.79. The Kier molecular flexibility index (Phi) is 18.7. The summed E-state index contributed by atoms with van der Waals surface area (Å²) in [5.41, 5.74) is 14.7. The van der Waals surface area contributed by atoms with E-state index in [0.717, 1.165) is 19.3 Å². The smallest absolute Gasteiger partial charge is 0.139 e. The van der Waals surface area contributed by atoms with Gasteiger partial charge >= 0.3 is 0 Å². The first-order valence-corrected chi connectivity index (χ1v) is 8.02. The molecule has 0 aromatic heterocycles. The van der Waals surface area contributed by atoms with Crippen LogP contribution < -0.4 is 17.2 Å². The van der Waals surface area contributed by atoms with E-state index >= 15 is 0 Å². The van der Waals surface area contributed by atoms with Gasteiger partial charge in [0.25, 0.3) is 0 Å². The lowest BCUT2D eigenvalue weighted by atomic mass is 10.1. The minimum absolute atomic E-state index is 0.0269. The fourth-order valence-corrected chi connectivity index (χ4v) is 2.31. The lowest BCUT2D eigenvalue weighted by molar-refractivity contribution is -0.123. The van der Waals surface area contributed by atoms with Gasteiger partial charge in [-0.3, -0.25) is 4.90 Å². The normalized spacial score (nSPS) is 19.5. The molecule has 1 heterocycles. The number of carbonyl (C=O) groups is 1. The molecule has 1 aliphatic rings. The van der Waals surface area contributed by atoms with Crippen molar-refractivity contribution in [3.8, 4) is 0 Å². The van der Waals surface area contributed by atoms with E-state index in [-0.39, 0.29) is 18.7 Å². The number of rotatable bonds is 5. The van der Waals surface area contributed by atoms with Crippen molar-refractivity contribution >= 4 is 6.29 Å². The number of nitrogens with zero attached hydrogens (tertiary/aromatic N) is 1.